The number of hydrogen-bond donors (Lipinski definition) is 2. The number of nitrogens with zero attached hydrogens (tertiary/aromatic N) is 2. The largest absolute Gasteiger partial charge is 0.497 e. The van der Waals surface area contributed by atoms with Crippen LogP contribution < -0.4 is 15.4 Å². The number of aryl methyl sites for hydroxylation is 1. The third-order valence-electron chi connectivity index (χ3n) is 5.66. The van der Waals surface area contributed by atoms with Gasteiger partial charge < -0.3 is 29.5 Å². The van der Waals surface area contributed by atoms with E-state index in [9.17, 15) is 14.4 Å². The predicted molar refractivity (Wildman–Crippen MR) is 131 cm³/mol. The van der Waals surface area contributed by atoms with Crippen LogP contribution in [-0.2, 0) is 19.1 Å². The van der Waals surface area contributed by atoms with Gasteiger partial charge >= 0.3 is 0 Å². The number of amides is 3. The van der Waals surface area contributed by atoms with Crippen molar-refractivity contribution in [2.45, 2.75) is 58.5 Å². The maximum Gasteiger partial charge on any atom is 0.247 e. The van der Waals surface area contributed by atoms with E-state index in [1.54, 1.807) is 44.4 Å². The molecule has 0 aliphatic rings. The lowest BCUT2D eigenvalue weighted by atomic mass is 9.98. The van der Waals surface area contributed by atoms with Crippen molar-refractivity contribution in [3.8, 4) is 5.75 Å². The first kappa shape index (κ1) is 27.8. The highest BCUT2D eigenvalue weighted by Crippen LogP contribution is 2.26. The lowest BCUT2D eigenvalue weighted by Crippen LogP contribution is -2.51. The van der Waals surface area contributed by atoms with E-state index in [0.29, 0.717) is 23.5 Å². The van der Waals surface area contributed by atoms with Crippen LogP contribution in [0.25, 0.3) is 0 Å². The summed E-state index contributed by atoms with van der Waals surface area (Å²) in [6, 6.07) is 7.68. The molecule has 0 radical (unpaired) electrons. The van der Waals surface area contributed by atoms with E-state index in [1.807, 2.05) is 20.8 Å². The smallest absolute Gasteiger partial charge is 0.247 e. The summed E-state index contributed by atoms with van der Waals surface area (Å²) in [6.45, 7) is 7.94. The van der Waals surface area contributed by atoms with Crippen LogP contribution >= 0.6 is 0 Å². The van der Waals surface area contributed by atoms with Gasteiger partial charge in [0.2, 0.25) is 17.7 Å². The summed E-state index contributed by atoms with van der Waals surface area (Å²) in [5.41, 5.74) is 0.162. The topological polar surface area (TPSA) is 123 Å². The van der Waals surface area contributed by atoms with Crippen LogP contribution in [0.5, 0.6) is 5.75 Å². The standard InChI is InChI=1S/C25H36N4O6/c1-7-25(3,4)27-24(32)23(18-8-10-19(34-6)11-9-18)29(14-15-33-5)22(31)13-12-21(30)26-20-16-17(2)35-28-20/h8-11,16,23H,7,12-15H2,1-6H3,(H,27,32)(H,26,28,30). The number of methoxy groups -OCH3 is 2. The fraction of sp³-hybridized carbons (Fsp3) is 0.520. The summed E-state index contributed by atoms with van der Waals surface area (Å²) in [4.78, 5) is 40.6. The molecule has 35 heavy (non-hydrogen) atoms. The highest BCUT2D eigenvalue weighted by molar-refractivity contribution is 5.94. The third-order valence-corrected chi connectivity index (χ3v) is 5.66. The van der Waals surface area contributed by atoms with Gasteiger partial charge in [0.25, 0.3) is 0 Å². The van der Waals surface area contributed by atoms with E-state index in [4.69, 9.17) is 14.0 Å². The summed E-state index contributed by atoms with van der Waals surface area (Å²) in [6.07, 6.45) is 0.539. The van der Waals surface area contributed by atoms with Crippen molar-refractivity contribution in [3.05, 3.63) is 41.7 Å². The molecule has 2 aromatic rings. The summed E-state index contributed by atoms with van der Waals surface area (Å²) in [5.74, 6) is 0.443. The summed E-state index contributed by atoms with van der Waals surface area (Å²) in [7, 11) is 3.08. The molecule has 1 aromatic heterocycles. The molecule has 0 spiro atoms. The number of carbonyl (C=O) groups is 3. The molecule has 1 aromatic carbocycles. The molecule has 192 valence electrons. The van der Waals surface area contributed by atoms with Crippen molar-refractivity contribution in [1.82, 2.24) is 15.4 Å². The first-order chi connectivity index (χ1) is 16.6. The average Bonchev–Trinajstić information content (AvgIpc) is 3.24. The monoisotopic (exact) mass is 488 g/mol. The van der Waals surface area contributed by atoms with E-state index < -0.39 is 11.6 Å². The van der Waals surface area contributed by atoms with Crippen molar-refractivity contribution in [3.63, 3.8) is 0 Å². The Balaban J connectivity index is 2.27. The minimum atomic E-state index is -0.907. The Kier molecular flexibility index (Phi) is 10.3. The molecule has 3 amide bonds. The molecule has 0 fully saturated rings. The number of ether oxygens (including phenoxy) is 2. The minimum Gasteiger partial charge on any atom is -0.497 e. The highest BCUT2D eigenvalue weighted by Gasteiger charge is 2.33. The lowest BCUT2D eigenvalue weighted by Gasteiger charge is -2.34. The molecule has 0 aliphatic carbocycles. The Morgan fingerprint density at radius 3 is 2.37 bits per heavy atom. The van der Waals surface area contributed by atoms with Crippen LogP contribution in [0, 0.1) is 6.92 Å². The number of carbonyl (C=O) groups excluding carboxylic acids is 3. The van der Waals surface area contributed by atoms with Crippen molar-refractivity contribution in [2.24, 2.45) is 0 Å². The highest BCUT2D eigenvalue weighted by atomic mass is 16.5. The fourth-order valence-electron chi connectivity index (χ4n) is 3.33. The van der Waals surface area contributed by atoms with E-state index in [2.05, 4.69) is 15.8 Å². The van der Waals surface area contributed by atoms with Gasteiger partial charge in [-0.15, -0.1) is 0 Å². The normalized spacial score (nSPS) is 12.1. The maximum absolute atomic E-state index is 13.5. The van der Waals surface area contributed by atoms with Gasteiger partial charge in [0.05, 0.1) is 13.7 Å². The molecular formula is C25H36N4O6. The number of nitrogens with one attached hydrogen (secondary N) is 2. The number of anilines is 1. The third kappa shape index (κ3) is 8.40. The zero-order valence-corrected chi connectivity index (χ0v) is 21.3. The van der Waals surface area contributed by atoms with Crippen LogP contribution in [-0.4, -0.2) is 60.7 Å². The molecule has 1 unspecified atom stereocenters. The minimum absolute atomic E-state index is 0.0778. The molecule has 0 bridgehead atoms. The fourth-order valence-corrected chi connectivity index (χ4v) is 3.33. The second-order valence-corrected chi connectivity index (χ2v) is 8.85. The molecule has 1 atom stereocenters. The Morgan fingerprint density at radius 1 is 1.14 bits per heavy atom. The zero-order valence-electron chi connectivity index (χ0n) is 21.3. The summed E-state index contributed by atoms with van der Waals surface area (Å²) >= 11 is 0. The van der Waals surface area contributed by atoms with Crippen LogP contribution in [0.3, 0.4) is 0 Å². The Hall–Kier alpha value is -3.40. The molecule has 0 aliphatic heterocycles. The van der Waals surface area contributed by atoms with Crippen molar-refractivity contribution < 1.29 is 28.4 Å². The summed E-state index contributed by atoms with van der Waals surface area (Å²) < 4.78 is 15.4. The van der Waals surface area contributed by atoms with Crippen LogP contribution in [0.4, 0.5) is 5.82 Å². The van der Waals surface area contributed by atoms with Gasteiger partial charge in [0.1, 0.15) is 17.6 Å². The SMILES string of the molecule is CCC(C)(C)NC(=O)C(c1ccc(OC)cc1)N(CCOC)C(=O)CCC(=O)Nc1cc(C)on1. The van der Waals surface area contributed by atoms with Crippen LogP contribution in [0.2, 0.25) is 0 Å². The van der Waals surface area contributed by atoms with Gasteiger partial charge in [-0.3, -0.25) is 14.4 Å². The van der Waals surface area contributed by atoms with E-state index >= 15 is 0 Å². The van der Waals surface area contributed by atoms with E-state index in [1.165, 1.54) is 12.0 Å². The van der Waals surface area contributed by atoms with Gasteiger partial charge in [-0.1, -0.05) is 24.2 Å². The Bertz CT molecular complexity index is 986. The van der Waals surface area contributed by atoms with Crippen LogP contribution in [0.15, 0.2) is 34.9 Å². The van der Waals surface area contributed by atoms with E-state index in [-0.39, 0.29) is 49.5 Å². The number of aromatic nitrogens is 1. The summed E-state index contributed by atoms with van der Waals surface area (Å²) in [5, 5.41) is 9.37. The second-order valence-electron chi connectivity index (χ2n) is 8.85. The van der Waals surface area contributed by atoms with Crippen LogP contribution in [0.1, 0.15) is 57.4 Å². The van der Waals surface area contributed by atoms with Gasteiger partial charge in [-0.25, -0.2) is 0 Å². The van der Waals surface area contributed by atoms with Crippen molar-refractivity contribution in [2.75, 3.05) is 32.7 Å². The maximum atomic E-state index is 13.5. The van der Waals surface area contributed by atoms with Crippen molar-refractivity contribution >= 4 is 23.5 Å². The van der Waals surface area contributed by atoms with Crippen molar-refractivity contribution in [1.29, 1.82) is 0 Å². The molecule has 2 N–H and O–H groups in total. The molecule has 2 rings (SSSR count). The molecule has 0 saturated heterocycles. The van der Waals surface area contributed by atoms with E-state index in [0.717, 1.165) is 0 Å². The molecule has 10 heteroatoms. The zero-order chi connectivity index (χ0) is 26.0. The van der Waals surface area contributed by atoms with Gasteiger partial charge in [-0.05, 0) is 44.9 Å². The van der Waals surface area contributed by atoms with Gasteiger partial charge in [0.15, 0.2) is 5.82 Å². The quantitative estimate of drug-likeness (QED) is 0.444. The number of rotatable bonds is 13. The first-order valence-corrected chi connectivity index (χ1v) is 11.6. The predicted octanol–water partition coefficient (Wildman–Crippen LogP) is 3.23. The number of benzene rings is 1. The molecular weight excluding hydrogens is 452 g/mol. The Morgan fingerprint density at radius 2 is 1.83 bits per heavy atom. The van der Waals surface area contributed by atoms with Gasteiger partial charge in [0, 0.05) is 38.1 Å². The second kappa shape index (κ2) is 12.9. The average molecular weight is 489 g/mol. The molecule has 1 heterocycles. The molecule has 10 nitrogen and oxygen atoms in total. The lowest BCUT2D eigenvalue weighted by molar-refractivity contribution is -0.142. The van der Waals surface area contributed by atoms with Gasteiger partial charge in [-0.2, -0.15) is 0 Å². The molecule has 0 saturated carbocycles. The first-order valence-electron chi connectivity index (χ1n) is 11.6. The number of hydrogen-bond acceptors (Lipinski definition) is 7. The Labute approximate surface area is 206 Å².